The van der Waals surface area contributed by atoms with Gasteiger partial charge in [-0.15, -0.1) is 11.3 Å². The minimum absolute atomic E-state index is 0.117. The Morgan fingerprint density at radius 3 is 2.38 bits per heavy atom. The first-order valence-electron chi connectivity index (χ1n) is 11.1. The molecule has 29 heavy (non-hydrogen) atoms. The predicted molar refractivity (Wildman–Crippen MR) is 121 cm³/mol. The quantitative estimate of drug-likeness (QED) is 0.749. The number of hydrogen-bond donors (Lipinski definition) is 1. The van der Waals surface area contributed by atoms with Gasteiger partial charge in [0.15, 0.2) is 0 Å². The number of piperazine rings is 1. The van der Waals surface area contributed by atoms with Crippen molar-refractivity contribution < 1.29 is 4.79 Å². The van der Waals surface area contributed by atoms with Gasteiger partial charge in [-0.3, -0.25) is 9.69 Å². The average Bonchev–Trinajstić information content (AvgIpc) is 3.30. The van der Waals surface area contributed by atoms with Gasteiger partial charge < -0.3 is 10.2 Å². The second-order valence-electron chi connectivity index (χ2n) is 8.45. The van der Waals surface area contributed by atoms with E-state index < -0.39 is 0 Å². The minimum atomic E-state index is 0.117. The summed E-state index contributed by atoms with van der Waals surface area (Å²) in [7, 11) is 0. The lowest BCUT2D eigenvalue weighted by atomic mass is 9.88. The number of carbonyl (C=O) groups excluding carboxylic acids is 1. The average molecular weight is 412 g/mol. The molecular formula is C24H33N3OS. The Hall–Kier alpha value is -1.85. The van der Waals surface area contributed by atoms with Crippen molar-refractivity contribution >= 4 is 22.9 Å². The summed E-state index contributed by atoms with van der Waals surface area (Å²) in [6, 6.07) is 15.4. The molecule has 1 aliphatic carbocycles. The van der Waals surface area contributed by atoms with Crippen LogP contribution in [0.4, 0.5) is 5.69 Å². The van der Waals surface area contributed by atoms with E-state index in [1.165, 1.54) is 29.8 Å². The Morgan fingerprint density at radius 1 is 1.00 bits per heavy atom. The summed E-state index contributed by atoms with van der Waals surface area (Å²) in [5.74, 6) is 0.479. The molecule has 4 nitrogen and oxygen atoms in total. The fraction of sp³-hybridized carbons (Fsp3) is 0.542. The summed E-state index contributed by atoms with van der Waals surface area (Å²) >= 11 is 1.81. The van der Waals surface area contributed by atoms with Crippen LogP contribution in [0.15, 0.2) is 47.8 Å². The zero-order valence-corrected chi connectivity index (χ0v) is 18.2. The van der Waals surface area contributed by atoms with Gasteiger partial charge >= 0.3 is 0 Å². The SMILES string of the molecule is C[C@@H](NC(=O)C1CCCCC1)[C@@H](c1cccs1)N1CCN(c2ccccc2)CC1. The largest absolute Gasteiger partial charge is 0.369 e. The van der Waals surface area contributed by atoms with Crippen LogP contribution in [0.1, 0.15) is 49.9 Å². The van der Waals surface area contributed by atoms with Crippen LogP contribution in [0.25, 0.3) is 0 Å². The second kappa shape index (κ2) is 9.77. The van der Waals surface area contributed by atoms with E-state index in [9.17, 15) is 4.79 Å². The summed E-state index contributed by atoms with van der Waals surface area (Å²) in [4.78, 5) is 19.3. The van der Waals surface area contributed by atoms with Gasteiger partial charge in [0, 0.05) is 48.7 Å². The number of amides is 1. The number of anilines is 1. The lowest BCUT2D eigenvalue weighted by Gasteiger charge is -2.42. The number of thiophene rings is 1. The molecule has 0 bridgehead atoms. The summed E-state index contributed by atoms with van der Waals surface area (Å²) in [6.07, 6.45) is 5.78. The first-order chi connectivity index (χ1) is 14.2. The first-order valence-corrected chi connectivity index (χ1v) is 12.0. The molecule has 0 unspecified atom stereocenters. The number of rotatable bonds is 6. The second-order valence-corrected chi connectivity index (χ2v) is 9.43. The number of carbonyl (C=O) groups is 1. The molecule has 2 heterocycles. The van der Waals surface area contributed by atoms with Crippen LogP contribution < -0.4 is 10.2 Å². The Bertz CT molecular complexity index is 750. The molecule has 0 radical (unpaired) electrons. The van der Waals surface area contributed by atoms with Gasteiger partial charge in [-0.25, -0.2) is 0 Å². The third kappa shape index (κ3) is 5.01. The number of benzene rings is 1. The standard InChI is InChI=1S/C24H33N3OS/c1-19(25-24(28)20-9-4-2-5-10-20)23(22-13-8-18-29-22)27-16-14-26(15-17-27)21-11-6-3-7-12-21/h3,6-8,11-13,18-20,23H,2,4-5,9-10,14-17H2,1H3,(H,25,28)/t19-,23+/m1/s1. The zero-order chi connectivity index (χ0) is 20.1. The molecule has 2 aliphatic rings. The molecule has 156 valence electrons. The Balaban J connectivity index is 1.42. The molecular weight excluding hydrogens is 378 g/mol. The highest BCUT2D eigenvalue weighted by atomic mass is 32.1. The Kier molecular flexibility index (Phi) is 6.88. The smallest absolute Gasteiger partial charge is 0.223 e. The number of nitrogens with one attached hydrogen (secondary N) is 1. The third-order valence-corrected chi connectivity index (χ3v) is 7.43. The topological polar surface area (TPSA) is 35.6 Å². The normalized spacial score (nSPS) is 20.9. The monoisotopic (exact) mass is 411 g/mol. The van der Waals surface area contributed by atoms with Crippen LogP contribution >= 0.6 is 11.3 Å². The maximum absolute atomic E-state index is 12.9. The van der Waals surface area contributed by atoms with Crippen LogP contribution in [0.3, 0.4) is 0 Å². The van der Waals surface area contributed by atoms with Crippen LogP contribution in [-0.2, 0) is 4.79 Å². The van der Waals surface area contributed by atoms with E-state index in [1.54, 1.807) is 11.3 Å². The molecule has 1 aliphatic heterocycles. The molecule has 1 aromatic heterocycles. The molecule has 1 amide bonds. The molecule has 2 fully saturated rings. The fourth-order valence-corrected chi connectivity index (χ4v) is 5.85. The van der Waals surface area contributed by atoms with Crippen molar-refractivity contribution in [3.63, 3.8) is 0 Å². The van der Waals surface area contributed by atoms with E-state index in [1.807, 2.05) is 0 Å². The highest BCUT2D eigenvalue weighted by Crippen LogP contribution is 2.31. The zero-order valence-electron chi connectivity index (χ0n) is 17.4. The predicted octanol–water partition coefficient (Wildman–Crippen LogP) is 4.70. The van der Waals surface area contributed by atoms with E-state index in [2.05, 4.69) is 69.9 Å². The highest BCUT2D eigenvalue weighted by Gasteiger charge is 2.32. The molecule has 2 atom stereocenters. The van der Waals surface area contributed by atoms with Gasteiger partial charge in [-0.05, 0) is 43.3 Å². The number of hydrogen-bond acceptors (Lipinski definition) is 4. The van der Waals surface area contributed by atoms with E-state index in [0.29, 0.717) is 0 Å². The molecule has 1 N–H and O–H groups in total. The van der Waals surface area contributed by atoms with Crippen molar-refractivity contribution in [2.24, 2.45) is 5.92 Å². The van der Waals surface area contributed by atoms with Gasteiger partial charge in [0.2, 0.25) is 5.91 Å². The number of nitrogens with zero attached hydrogens (tertiary/aromatic N) is 2. The van der Waals surface area contributed by atoms with E-state index in [0.717, 1.165) is 39.0 Å². The van der Waals surface area contributed by atoms with Crippen LogP contribution in [0.5, 0.6) is 0 Å². The van der Waals surface area contributed by atoms with Crippen molar-refractivity contribution in [1.29, 1.82) is 0 Å². The van der Waals surface area contributed by atoms with Crippen molar-refractivity contribution in [2.75, 3.05) is 31.1 Å². The van der Waals surface area contributed by atoms with E-state index in [4.69, 9.17) is 0 Å². The maximum atomic E-state index is 12.9. The molecule has 1 aromatic carbocycles. The van der Waals surface area contributed by atoms with Gasteiger partial charge in [-0.2, -0.15) is 0 Å². The molecule has 2 aromatic rings. The molecule has 0 spiro atoms. The Labute approximate surface area is 178 Å². The lowest BCUT2D eigenvalue weighted by molar-refractivity contribution is -0.127. The van der Waals surface area contributed by atoms with E-state index >= 15 is 0 Å². The van der Waals surface area contributed by atoms with Crippen LogP contribution in [-0.4, -0.2) is 43.0 Å². The maximum Gasteiger partial charge on any atom is 0.223 e. The highest BCUT2D eigenvalue weighted by molar-refractivity contribution is 7.10. The van der Waals surface area contributed by atoms with E-state index in [-0.39, 0.29) is 23.9 Å². The van der Waals surface area contributed by atoms with Gasteiger partial charge in [0.05, 0.1) is 6.04 Å². The van der Waals surface area contributed by atoms with Crippen molar-refractivity contribution in [1.82, 2.24) is 10.2 Å². The van der Waals surface area contributed by atoms with Gasteiger partial charge in [-0.1, -0.05) is 43.5 Å². The van der Waals surface area contributed by atoms with Gasteiger partial charge in [0.1, 0.15) is 0 Å². The first kappa shape index (κ1) is 20.4. The fourth-order valence-electron chi connectivity index (χ4n) is 4.89. The Morgan fingerprint density at radius 2 is 1.72 bits per heavy atom. The minimum Gasteiger partial charge on any atom is -0.369 e. The molecule has 4 rings (SSSR count). The van der Waals surface area contributed by atoms with Gasteiger partial charge in [0.25, 0.3) is 0 Å². The summed E-state index contributed by atoms with van der Waals surface area (Å²) in [5, 5.41) is 5.54. The summed E-state index contributed by atoms with van der Waals surface area (Å²) in [5.41, 5.74) is 1.30. The lowest BCUT2D eigenvalue weighted by Crippen LogP contribution is -2.53. The molecule has 1 saturated carbocycles. The van der Waals surface area contributed by atoms with Crippen LogP contribution in [0.2, 0.25) is 0 Å². The van der Waals surface area contributed by atoms with Crippen LogP contribution in [0, 0.1) is 5.92 Å². The third-order valence-electron chi connectivity index (χ3n) is 6.48. The molecule has 1 saturated heterocycles. The van der Waals surface area contributed by atoms with Crippen molar-refractivity contribution in [3.8, 4) is 0 Å². The summed E-state index contributed by atoms with van der Waals surface area (Å²) in [6.45, 7) is 6.27. The van der Waals surface area contributed by atoms with Crippen molar-refractivity contribution in [3.05, 3.63) is 52.7 Å². The number of para-hydroxylation sites is 1. The molecule has 5 heteroatoms. The van der Waals surface area contributed by atoms with Crippen molar-refractivity contribution in [2.45, 2.75) is 51.1 Å². The summed E-state index contributed by atoms with van der Waals surface area (Å²) < 4.78 is 0.